The van der Waals surface area contributed by atoms with Crippen LogP contribution >= 0.6 is 23.6 Å². The molecule has 23 heavy (non-hydrogen) atoms. The standard InChI is InChI=1S/C18H13NO2S2/c1-12-17(10-13-7-8-15-16(9-13)21-11-20-15)23-18(22)19(12)14-5-3-2-4-6-14/h2-10H,1,11H2/b17-10+. The molecule has 1 aromatic heterocycles. The summed E-state index contributed by atoms with van der Waals surface area (Å²) < 4.78 is 14.6. The molecule has 0 atom stereocenters. The van der Waals surface area contributed by atoms with Crippen LogP contribution < -0.4 is 19.4 Å². The quantitative estimate of drug-likeness (QED) is 0.670. The van der Waals surface area contributed by atoms with Gasteiger partial charge in [-0.05, 0) is 48.1 Å². The third kappa shape index (κ3) is 2.58. The molecule has 2 heterocycles. The molecule has 0 spiro atoms. The minimum atomic E-state index is 0.280. The van der Waals surface area contributed by atoms with Crippen LogP contribution in [0.1, 0.15) is 5.56 Å². The van der Waals surface area contributed by atoms with Crippen LogP contribution in [0.3, 0.4) is 0 Å². The van der Waals surface area contributed by atoms with E-state index < -0.39 is 0 Å². The van der Waals surface area contributed by atoms with Crippen molar-refractivity contribution in [1.82, 2.24) is 4.57 Å². The molecular formula is C18H13NO2S2. The van der Waals surface area contributed by atoms with E-state index in [4.69, 9.17) is 21.7 Å². The number of fused-ring (bicyclic) bond motifs is 1. The molecule has 0 amide bonds. The number of hydrogen-bond donors (Lipinski definition) is 0. The Balaban J connectivity index is 1.85. The fourth-order valence-electron chi connectivity index (χ4n) is 2.52. The van der Waals surface area contributed by atoms with E-state index in [1.54, 1.807) is 11.3 Å². The van der Waals surface area contributed by atoms with Gasteiger partial charge in [-0.3, -0.25) is 4.57 Å². The first-order valence-corrected chi connectivity index (χ1v) is 8.32. The largest absolute Gasteiger partial charge is 0.454 e. The Bertz CT molecular complexity index is 1040. The van der Waals surface area contributed by atoms with Crippen molar-refractivity contribution in [3.05, 3.63) is 67.9 Å². The first-order chi connectivity index (χ1) is 11.2. The highest BCUT2D eigenvalue weighted by Crippen LogP contribution is 2.32. The van der Waals surface area contributed by atoms with Gasteiger partial charge in [0.1, 0.15) is 0 Å². The Hall–Kier alpha value is -2.37. The number of hydrogen-bond acceptors (Lipinski definition) is 4. The van der Waals surface area contributed by atoms with Crippen LogP contribution in [-0.2, 0) is 0 Å². The van der Waals surface area contributed by atoms with Gasteiger partial charge >= 0.3 is 0 Å². The minimum absolute atomic E-state index is 0.280. The van der Waals surface area contributed by atoms with Crippen LogP contribution in [0.2, 0.25) is 0 Å². The lowest BCUT2D eigenvalue weighted by molar-refractivity contribution is 0.174. The number of para-hydroxylation sites is 1. The van der Waals surface area contributed by atoms with Crippen LogP contribution in [0.15, 0.2) is 48.5 Å². The van der Waals surface area contributed by atoms with E-state index >= 15 is 0 Å². The smallest absolute Gasteiger partial charge is 0.231 e. The summed E-state index contributed by atoms with van der Waals surface area (Å²) in [6.07, 6.45) is 2.07. The highest BCUT2D eigenvalue weighted by molar-refractivity contribution is 7.73. The molecule has 2 aromatic carbocycles. The normalized spacial score (nSPS) is 13.5. The fourth-order valence-corrected chi connectivity index (χ4v) is 3.91. The fraction of sp³-hybridized carbons (Fsp3) is 0.0556. The van der Waals surface area contributed by atoms with Gasteiger partial charge in [0.15, 0.2) is 15.5 Å². The van der Waals surface area contributed by atoms with Crippen molar-refractivity contribution < 1.29 is 9.47 Å². The summed E-state index contributed by atoms with van der Waals surface area (Å²) in [5.41, 5.74) is 2.07. The van der Waals surface area contributed by atoms with Crippen molar-refractivity contribution >= 4 is 36.2 Å². The van der Waals surface area contributed by atoms with Gasteiger partial charge in [-0.25, -0.2) is 0 Å². The second kappa shape index (κ2) is 5.68. The van der Waals surface area contributed by atoms with Crippen LogP contribution in [0, 0.1) is 3.95 Å². The SMILES string of the molecule is C=c1/c(=C\c2ccc3c(c2)OCO3)sc(=S)n1-c1ccccc1. The van der Waals surface area contributed by atoms with Gasteiger partial charge in [-0.15, -0.1) is 11.3 Å². The van der Waals surface area contributed by atoms with Crippen molar-refractivity contribution in [2.24, 2.45) is 0 Å². The average Bonchev–Trinajstić information content (AvgIpc) is 3.13. The zero-order valence-electron chi connectivity index (χ0n) is 12.2. The molecule has 0 bridgehead atoms. The molecular weight excluding hydrogens is 326 g/mol. The molecule has 114 valence electrons. The summed E-state index contributed by atoms with van der Waals surface area (Å²) in [5.74, 6) is 1.56. The van der Waals surface area contributed by atoms with Crippen LogP contribution in [0.25, 0.3) is 18.3 Å². The number of benzene rings is 2. The summed E-state index contributed by atoms with van der Waals surface area (Å²) in [5, 5.41) is 0.892. The molecule has 0 saturated heterocycles. The average molecular weight is 339 g/mol. The molecule has 3 aromatic rings. The van der Waals surface area contributed by atoms with Crippen molar-refractivity contribution in [3.8, 4) is 17.2 Å². The molecule has 5 heteroatoms. The van der Waals surface area contributed by atoms with E-state index in [2.05, 4.69) is 12.7 Å². The molecule has 0 radical (unpaired) electrons. The van der Waals surface area contributed by atoms with Gasteiger partial charge in [0.25, 0.3) is 0 Å². The second-order valence-corrected chi connectivity index (χ2v) is 6.78. The van der Waals surface area contributed by atoms with Gasteiger partial charge in [0.2, 0.25) is 6.79 Å². The highest BCUT2D eigenvalue weighted by Gasteiger charge is 2.12. The van der Waals surface area contributed by atoms with Crippen molar-refractivity contribution in [3.63, 3.8) is 0 Å². The zero-order valence-corrected chi connectivity index (χ0v) is 13.8. The van der Waals surface area contributed by atoms with Crippen LogP contribution in [0.5, 0.6) is 11.5 Å². The molecule has 1 aliphatic rings. The maximum absolute atomic E-state index is 5.51. The maximum Gasteiger partial charge on any atom is 0.231 e. The van der Waals surface area contributed by atoms with Crippen molar-refractivity contribution in [1.29, 1.82) is 0 Å². The first-order valence-electron chi connectivity index (χ1n) is 7.10. The van der Waals surface area contributed by atoms with Gasteiger partial charge in [-0.2, -0.15) is 0 Å². The first kappa shape index (κ1) is 14.2. The highest BCUT2D eigenvalue weighted by atomic mass is 32.1. The van der Waals surface area contributed by atoms with Crippen LogP contribution in [0.4, 0.5) is 0 Å². The molecule has 0 fully saturated rings. The Morgan fingerprint density at radius 1 is 1.09 bits per heavy atom. The summed E-state index contributed by atoms with van der Waals surface area (Å²) >= 11 is 7.07. The Labute approximate surface area is 142 Å². The third-order valence-corrected chi connectivity index (χ3v) is 5.01. The number of nitrogens with zero attached hydrogens (tertiary/aromatic N) is 1. The molecule has 4 rings (SSSR count). The predicted molar refractivity (Wildman–Crippen MR) is 95.4 cm³/mol. The molecule has 0 unspecified atom stereocenters. The molecule has 1 aliphatic heterocycles. The number of rotatable bonds is 2. The summed E-state index contributed by atoms with van der Waals surface area (Å²) in [6.45, 7) is 4.49. The van der Waals surface area contributed by atoms with Gasteiger partial charge in [0.05, 0.1) is 9.88 Å². The Kier molecular flexibility index (Phi) is 3.52. The maximum atomic E-state index is 5.51. The van der Waals surface area contributed by atoms with Crippen molar-refractivity contribution in [2.45, 2.75) is 0 Å². The van der Waals surface area contributed by atoms with Gasteiger partial charge < -0.3 is 9.47 Å². The molecule has 0 saturated carbocycles. The third-order valence-electron chi connectivity index (χ3n) is 3.64. The predicted octanol–water partition coefficient (Wildman–Crippen LogP) is 3.24. The van der Waals surface area contributed by atoms with E-state index in [0.717, 1.165) is 36.6 Å². The lowest BCUT2D eigenvalue weighted by Crippen LogP contribution is -2.25. The number of thiazole rings is 1. The lowest BCUT2D eigenvalue weighted by atomic mass is 10.2. The number of aromatic nitrogens is 1. The van der Waals surface area contributed by atoms with E-state index in [1.807, 2.05) is 53.1 Å². The monoisotopic (exact) mass is 339 g/mol. The molecule has 0 aliphatic carbocycles. The zero-order chi connectivity index (χ0) is 15.8. The summed E-state index contributed by atoms with van der Waals surface area (Å²) in [7, 11) is 0. The summed E-state index contributed by atoms with van der Waals surface area (Å²) in [4.78, 5) is 0. The second-order valence-electron chi connectivity index (χ2n) is 5.11. The Morgan fingerprint density at radius 3 is 2.70 bits per heavy atom. The van der Waals surface area contributed by atoms with E-state index in [0.29, 0.717) is 0 Å². The van der Waals surface area contributed by atoms with E-state index in [1.165, 1.54) is 0 Å². The van der Waals surface area contributed by atoms with E-state index in [9.17, 15) is 0 Å². The van der Waals surface area contributed by atoms with Crippen LogP contribution in [-0.4, -0.2) is 11.4 Å². The van der Waals surface area contributed by atoms with E-state index in [-0.39, 0.29) is 6.79 Å². The Morgan fingerprint density at radius 2 is 1.87 bits per heavy atom. The molecule has 3 nitrogen and oxygen atoms in total. The van der Waals surface area contributed by atoms with Crippen molar-refractivity contribution in [2.75, 3.05) is 6.79 Å². The minimum Gasteiger partial charge on any atom is -0.454 e. The molecule has 0 N–H and O–H groups in total. The summed E-state index contributed by atoms with van der Waals surface area (Å²) in [6, 6.07) is 15.9. The topological polar surface area (TPSA) is 23.4 Å². The van der Waals surface area contributed by atoms with Gasteiger partial charge in [0, 0.05) is 5.69 Å². The number of ether oxygens (including phenoxy) is 2. The lowest BCUT2D eigenvalue weighted by Gasteiger charge is -2.01. The van der Waals surface area contributed by atoms with Gasteiger partial charge in [-0.1, -0.05) is 30.8 Å².